The van der Waals surface area contributed by atoms with Crippen LogP contribution in [0.2, 0.25) is 0 Å². The van der Waals surface area contributed by atoms with Gasteiger partial charge in [-0.05, 0) is 67.3 Å². The molecule has 6 nitrogen and oxygen atoms in total. The fourth-order valence-corrected chi connectivity index (χ4v) is 5.44. The van der Waals surface area contributed by atoms with E-state index in [-0.39, 0.29) is 18.0 Å². The van der Waals surface area contributed by atoms with Gasteiger partial charge in [-0.25, -0.2) is 9.69 Å². The Labute approximate surface area is 181 Å². The van der Waals surface area contributed by atoms with E-state index in [1.54, 1.807) is 18.4 Å². The van der Waals surface area contributed by atoms with Crippen molar-refractivity contribution in [3.8, 4) is 5.75 Å². The lowest BCUT2D eigenvalue weighted by Gasteiger charge is -2.37. The number of ether oxygens (including phenoxy) is 1. The molecular weight excluding hydrogens is 398 g/mol. The standard InChI is InChI=1S/C23H29N3O3S/c1-4-19-18-11-14-30-20(18)10-13-25(19)15-26-21(27)23(2,24-22(26)28)12-9-16-5-7-17(29-3)8-6-16/h5-8,11,14,19H,4,9-10,12-13,15H2,1-3H3,(H,24,28)/t19-,23-/m1/s1. The number of imide groups is 1. The molecule has 1 aromatic carbocycles. The third kappa shape index (κ3) is 3.84. The molecule has 1 N–H and O–H groups in total. The molecule has 2 aromatic rings. The van der Waals surface area contributed by atoms with E-state index in [9.17, 15) is 9.59 Å². The molecule has 0 saturated carbocycles. The number of amides is 3. The summed E-state index contributed by atoms with van der Waals surface area (Å²) in [5.74, 6) is 0.675. The first-order chi connectivity index (χ1) is 14.4. The van der Waals surface area contributed by atoms with Gasteiger partial charge in [0.2, 0.25) is 0 Å². The Morgan fingerprint density at radius 2 is 2.00 bits per heavy atom. The number of hydrogen-bond donors (Lipinski definition) is 1. The maximum Gasteiger partial charge on any atom is 0.326 e. The number of carbonyl (C=O) groups excluding carboxylic acids is 2. The number of aryl methyl sites for hydroxylation is 1. The minimum Gasteiger partial charge on any atom is -0.497 e. The molecule has 2 aliphatic heterocycles. The van der Waals surface area contributed by atoms with E-state index in [2.05, 4.69) is 28.6 Å². The minimum atomic E-state index is -0.873. The number of hydrogen-bond acceptors (Lipinski definition) is 5. The topological polar surface area (TPSA) is 61.9 Å². The molecule has 0 aliphatic carbocycles. The molecule has 160 valence electrons. The van der Waals surface area contributed by atoms with Crippen LogP contribution in [0.3, 0.4) is 0 Å². The molecule has 30 heavy (non-hydrogen) atoms. The highest BCUT2D eigenvalue weighted by atomic mass is 32.1. The van der Waals surface area contributed by atoms with Crippen molar-refractivity contribution >= 4 is 23.3 Å². The maximum absolute atomic E-state index is 13.2. The number of nitrogens with one attached hydrogen (secondary N) is 1. The minimum absolute atomic E-state index is 0.132. The Bertz CT molecular complexity index is 926. The average molecular weight is 428 g/mol. The molecule has 0 unspecified atom stereocenters. The summed E-state index contributed by atoms with van der Waals surface area (Å²) in [7, 11) is 1.64. The molecule has 4 rings (SSSR count). The van der Waals surface area contributed by atoms with E-state index < -0.39 is 5.54 Å². The summed E-state index contributed by atoms with van der Waals surface area (Å²) in [4.78, 5) is 31.0. The van der Waals surface area contributed by atoms with E-state index >= 15 is 0 Å². The molecule has 1 fully saturated rings. The highest BCUT2D eigenvalue weighted by Gasteiger charge is 2.48. The highest BCUT2D eigenvalue weighted by molar-refractivity contribution is 7.10. The molecule has 0 spiro atoms. The second-order valence-electron chi connectivity index (χ2n) is 8.27. The number of nitrogens with zero attached hydrogens (tertiary/aromatic N) is 2. The van der Waals surface area contributed by atoms with Gasteiger partial charge in [0.1, 0.15) is 11.3 Å². The normalized spacial score (nSPS) is 24.1. The quantitative estimate of drug-likeness (QED) is 0.680. The van der Waals surface area contributed by atoms with Crippen LogP contribution in [0.15, 0.2) is 35.7 Å². The molecule has 0 radical (unpaired) electrons. The molecule has 0 bridgehead atoms. The molecule has 2 atom stereocenters. The third-order valence-electron chi connectivity index (χ3n) is 6.33. The van der Waals surface area contributed by atoms with E-state index in [0.29, 0.717) is 19.5 Å². The Hall–Kier alpha value is -2.38. The number of thiophene rings is 1. The molecule has 7 heteroatoms. The van der Waals surface area contributed by atoms with Gasteiger partial charge in [-0.1, -0.05) is 19.1 Å². The van der Waals surface area contributed by atoms with Crippen LogP contribution < -0.4 is 10.1 Å². The number of rotatable bonds is 7. The lowest BCUT2D eigenvalue weighted by Crippen LogP contribution is -2.47. The van der Waals surface area contributed by atoms with Gasteiger partial charge in [0.15, 0.2) is 0 Å². The summed E-state index contributed by atoms with van der Waals surface area (Å²) in [5.41, 5.74) is 1.59. The Morgan fingerprint density at radius 1 is 1.23 bits per heavy atom. The zero-order valence-corrected chi connectivity index (χ0v) is 18.6. The van der Waals surface area contributed by atoms with Gasteiger partial charge >= 0.3 is 6.03 Å². The number of urea groups is 1. The van der Waals surface area contributed by atoms with Gasteiger partial charge in [0.05, 0.1) is 13.8 Å². The zero-order valence-electron chi connectivity index (χ0n) is 17.8. The monoisotopic (exact) mass is 427 g/mol. The summed E-state index contributed by atoms with van der Waals surface area (Å²) in [5, 5.41) is 5.09. The number of methoxy groups -OCH3 is 1. The fourth-order valence-electron chi connectivity index (χ4n) is 4.51. The smallest absolute Gasteiger partial charge is 0.326 e. The van der Waals surface area contributed by atoms with E-state index in [4.69, 9.17) is 4.74 Å². The summed E-state index contributed by atoms with van der Waals surface area (Å²) in [6.45, 7) is 5.21. The third-order valence-corrected chi connectivity index (χ3v) is 7.33. The van der Waals surface area contributed by atoms with Gasteiger partial charge in [-0.3, -0.25) is 9.69 Å². The van der Waals surface area contributed by atoms with Crippen LogP contribution in [0.5, 0.6) is 5.75 Å². The summed E-state index contributed by atoms with van der Waals surface area (Å²) < 4.78 is 5.20. The van der Waals surface area contributed by atoms with Crippen LogP contribution in [0.4, 0.5) is 4.79 Å². The highest BCUT2D eigenvalue weighted by Crippen LogP contribution is 2.36. The van der Waals surface area contributed by atoms with Crippen molar-refractivity contribution in [1.82, 2.24) is 15.1 Å². The van der Waals surface area contributed by atoms with Crippen LogP contribution in [-0.2, 0) is 17.6 Å². The first kappa shape index (κ1) is 20.9. The van der Waals surface area contributed by atoms with Gasteiger partial charge in [-0.2, -0.15) is 0 Å². The van der Waals surface area contributed by atoms with Crippen molar-refractivity contribution in [2.45, 2.75) is 51.1 Å². The lowest BCUT2D eigenvalue weighted by molar-refractivity contribution is -0.132. The summed E-state index contributed by atoms with van der Waals surface area (Å²) >= 11 is 1.80. The number of benzene rings is 1. The van der Waals surface area contributed by atoms with Crippen LogP contribution >= 0.6 is 11.3 Å². The van der Waals surface area contributed by atoms with Gasteiger partial charge in [-0.15, -0.1) is 11.3 Å². The number of carbonyl (C=O) groups is 2. The van der Waals surface area contributed by atoms with Crippen molar-refractivity contribution in [1.29, 1.82) is 0 Å². The van der Waals surface area contributed by atoms with Crippen molar-refractivity contribution < 1.29 is 14.3 Å². The second kappa shape index (κ2) is 8.40. The van der Waals surface area contributed by atoms with Crippen LogP contribution in [0.1, 0.15) is 48.7 Å². The van der Waals surface area contributed by atoms with Crippen molar-refractivity contribution in [3.63, 3.8) is 0 Å². The predicted molar refractivity (Wildman–Crippen MR) is 118 cm³/mol. The predicted octanol–water partition coefficient (Wildman–Crippen LogP) is 3.97. The Kier molecular flexibility index (Phi) is 5.84. The molecule has 3 amide bonds. The molecular formula is C23H29N3O3S. The SMILES string of the molecule is CC[C@@H]1c2ccsc2CCN1CN1C(=O)N[C@](C)(CCc2ccc(OC)cc2)C1=O. The largest absolute Gasteiger partial charge is 0.497 e. The van der Waals surface area contributed by atoms with E-state index in [0.717, 1.165) is 30.7 Å². The Balaban J connectivity index is 1.43. The van der Waals surface area contributed by atoms with E-state index in [1.807, 2.05) is 31.2 Å². The first-order valence-electron chi connectivity index (χ1n) is 10.5. The van der Waals surface area contributed by atoms with Crippen LogP contribution in [0.25, 0.3) is 0 Å². The Morgan fingerprint density at radius 3 is 2.70 bits per heavy atom. The lowest BCUT2D eigenvalue weighted by atomic mass is 9.93. The summed E-state index contributed by atoms with van der Waals surface area (Å²) in [6, 6.07) is 9.98. The van der Waals surface area contributed by atoms with Crippen molar-refractivity contribution in [2.75, 3.05) is 20.3 Å². The van der Waals surface area contributed by atoms with Gasteiger partial charge in [0, 0.05) is 17.5 Å². The molecule has 1 aromatic heterocycles. The molecule has 3 heterocycles. The second-order valence-corrected chi connectivity index (χ2v) is 9.27. The van der Waals surface area contributed by atoms with Crippen molar-refractivity contribution in [2.24, 2.45) is 0 Å². The van der Waals surface area contributed by atoms with Gasteiger partial charge in [0.25, 0.3) is 5.91 Å². The van der Waals surface area contributed by atoms with Gasteiger partial charge < -0.3 is 10.1 Å². The van der Waals surface area contributed by atoms with Crippen molar-refractivity contribution in [3.05, 3.63) is 51.7 Å². The zero-order chi connectivity index (χ0) is 21.3. The fraction of sp³-hybridized carbons (Fsp3) is 0.478. The molecule has 1 saturated heterocycles. The summed E-state index contributed by atoms with van der Waals surface area (Å²) in [6.07, 6.45) is 3.20. The maximum atomic E-state index is 13.2. The average Bonchev–Trinajstić information content (AvgIpc) is 3.31. The van der Waals surface area contributed by atoms with E-state index in [1.165, 1.54) is 15.3 Å². The number of fused-ring (bicyclic) bond motifs is 1. The van der Waals surface area contributed by atoms with Crippen LogP contribution in [0, 0.1) is 0 Å². The van der Waals surface area contributed by atoms with Crippen LogP contribution in [-0.4, -0.2) is 47.6 Å². The first-order valence-corrected chi connectivity index (χ1v) is 11.4. The molecule has 2 aliphatic rings.